The van der Waals surface area contributed by atoms with Crippen LogP contribution in [0.3, 0.4) is 0 Å². The zero-order valence-electron chi connectivity index (χ0n) is 15.9. The van der Waals surface area contributed by atoms with Crippen molar-refractivity contribution in [3.05, 3.63) is 65.3 Å². The van der Waals surface area contributed by atoms with Gasteiger partial charge in [0, 0.05) is 18.3 Å². The van der Waals surface area contributed by atoms with Crippen molar-refractivity contribution in [3.63, 3.8) is 0 Å². The number of carbonyl (C=O) groups is 1. The summed E-state index contributed by atoms with van der Waals surface area (Å²) in [6, 6.07) is 13.1. The van der Waals surface area contributed by atoms with Crippen LogP contribution < -0.4 is 5.32 Å². The first-order valence-corrected chi connectivity index (χ1v) is 10.0. The van der Waals surface area contributed by atoms with E-state index in [0.29, 0.717) is 36.4 Å². The molecule has 29 heavy (non-hydrogen) atoms. The summed E-state index contributed by atoms with van der Waals surface area (Å²) in [6.45, 7) is 2.52. The van der Waals surface area contributed by atoms with Crippen LogP contribution in [0.2, 0.25) is 5.02 Å². The Kier molecular flexibility index (Phi) is 6.17. The van der Waals surface area contributed by atoms with Crippen LogP contribution in [0.25, 0.3) is 11.4 Å². The molecule has 1 aromatic carbocycles. The summed E-state index contributed by atoms with van der Waals surface area (Å²) in [5, 5.41) is 7.62. The zero-order chi connectivity index (χ0) is 20.1. The molecule has 1 saturated heterocycles. The van der Waals surface area contributed by atoms with Crippen molar-refractivity contribution >= 4 is 17.5 Å². The summed E-state index contributed by atoms with van der Waals surface area (Å²) in [6.07, 6.45) is 3.55. The molecular formula is C21H22ClN5O2. The number of carbonyl (C=O) groups excluding carboxylic acids is 1. The van der Waals surface area contributed by atoms with Crippen LogP contribution >= 0.6 is 11.6 Å². The number of likely N-dealkylation sites (tertiary alicyclic amines) is 1. The van der Waals surface area contributed by atoms with E-state index in [4.69, 9.17) is 16.1 Å². The number of benzene rings is 1. The van der Waals surface area contributed by atoms with Gasteiger partial charge in [0.1, 0.15) is 0 Å². The predicted molar refractivity (Wildman–Crippen MR) is 109 cm³/mol. The predicted octanol–water partition coefficient (Wildman–Crippen LogP) is 3.31. The maximum absolute atomic E-state index is 12.6. The third-order valence-electron chi connectivity index (χ3n) is 4.99. The van der Waals surface area contributed by atoms with Gasteiger partial charge >= 0.3 is 0 Å². The van der Waals surface area contributed by atoms with Crippen LogP contribution in [0, 0.1) is 5.92 Å². The molecule has 1 atom stereocenters. The number of amides is 1. The Morgan fingerprint density at radius 3 is 2.93 bits per heavy atom. The van der Waals surface area contributed by atoms with E-state index in [1.807, 2.05) is 36.4 Å². The Bertz CT molecular complexity index is 962. The zero-order valence-corrected chi connectivity index (χ0v) is 16.7. The molecule has 1 unspecified atom stereocenters. The fourth-order valence-electron chi connectivity index (χ4n) is 3.50. The normalized spacial score (nSPS) is 17.2. The van der Waals surface area contributed by atoms with E-state index in [1.54, 1.807) is 12.3 Å². The van der Waals surface area contributed by atoms with E-state index in [0.717, 1.165) is 30.6 Å². The van der Waals surface area contributed by atoms with Crippen molar-refractivity contribution in [3.8, 4) is 11.4 Å². The van der Waals surface area contributed by atoms with Gasteiger partial charge in [0.2, 0.25) is 17.6 Å². The number of rotatable bonds is 6. The minimum Gasteiger partial charge on any atom is -0.350 e. The molecule has 0 saturated carbocycles. The van der Waals surface area contributed by atoms with Gasteiger partial charge in [-0.3, -0.25) is 14.7 Å². The molecule has 4 rings (SSSR count). The average molecular weight is 412 g/mol. The van der Waals surface area contributed by atoms with Crippen molar-refractivity contribution in [2.45, 2.75) is 25.9 Å². The van der Waals surface area contributed by atoms with Gasteiger partial charge in [-0.05, 0) is 43.7 Å². The SMILES string of the molecule is O=C(NCc1ccccn1)C1CCCN(Cc2nc(-c3ccccc3Cl)no2)C1. The first-order valence-electron chi connectivity index (χ1n) is 9.66. The summed E-state index contributed by atoms with van der Waals surface area (Å²) >= 11 is 6.21. The molecule has 3 aromatic rings. The van der Waals surface area contributed by atoms with Crippen molar-refractivity contribution < 1.29 is 9.32 Å². The Balaban J connectivity index is 1.33. The van der Waals surface area contributed by atoms with Gasteiger partial charge in [-0.15, -0.1) is 0 Å². The fourth-order valence-corrected chi connectivity index (χ4v) is 3.72. The lowest BCUT2D eigenvalue weighted by Gasteiger charge is -2.30. The molecule has 3 heterocycles. The number of pyridine rings is 1. The van der Waals surface area contributed by atoms with Gasteiger partial charge in [0.25, 0.3) is 0 Å². The standard InChI is InChI=1S/C21H22ClN5O2/c22-18-9-2-1-8-17(18)20-25-19(29-26-20)14-27-11-5-6-15(13-27)21(28)24-12-16-7-3-4-10-23-16/h1-4,7-10,15H,5-6,11-14H2,(H,24,28). The van der Waals surface area contributed by atoms with Crippen molar-refractivity contribution in [1.29, 1.82) is 0 Å². The first-order chi connectivity index (χ1) is 14.2. The topological polar surface area (TPSA) is 84.2 Å². The third kappa shape index (κ3) is 4.99. The van der Waals surface area contributed by atoms with Crippen molar-refractivity contribution in [2.75, 3.05) is 13.1 Å². The Morgan fingerprint density at radius 2 is 2.10 bits per heavy atom. The molecule has 1 amide bonds. The van der Waals surface area contributed by atoms with Gasteiger partial charge in [-0.2, -0.15) is 4.98 Å². The highest BCUT2D eigenvalue weighted by Gasteiger charge is 2.27. The average Bonchev–Trinajstić information content (AvgIpc) is 3.21. The van der Waals surface area contributed by atoms with E-state index < -0.39 is 0 Å². The lowest BCUT2D eigenvalue weighted by molar-refractivity contribution is -0.127. The van der Waals surface area contributed by atoms with E-state index in [9.17, 15) is 4.79 Å². The second-order valence-electron chi connectivity index (χ2n) is 7.10. The Hall–Kier alpha value is -2.77. The number of piperidine rings is 1. The quantitative estimate of drug-likeness (QED) is 0.669. The minimum atomic E-state index is -0.0570. The third-order valence-corrected chi connectivity index (χ3v) is 5.32. The highest BCUT2D eigenvalue weighted by molar-refractivity contribution is 6.33. The summed E-state index contributed by atoms with van der Waals surface area (Å²) < 4.78 is 5.41. The van der Waals surface area contributed by atoms with Gasteiger partial charge < -0.3 is 9.84 Å². The van der Waals surface area contributed by atoms with E-state index in [2.05, 4.69) is 25.3 Å². The minimum absolute atomic E-state index is 0.0570. The summed E-state index contributed by atoms with van der Waals surface area (Å²) in [4.78, 5) is 23.4. The smallest absolute Gasteiger partial charge is 0.241 e. The fraction of sp³-hybridized carbons (Fsp3) is 0.333. The molecule has 2 aromatic heterocycles. The van der Waals surface area contributed by atoms with Crippen molar-refractivity contribution in [1.82, 2.24) is 25.3 Å². The Morgan fingerprint density at radius 1 is 1.24 bits per heavy atom. The molecule has 8 heteroatoms. The molecule has 1 fully saturated rings. The molecule has 150 valence electrons. The lowest BCUT2D eigenvalue weighted by Crippen LogP contribution is -2.42. The second kappa shape index (κ2) is 9.15. The van der Waals surface area contributed by atoms with Crippen LogP contribution in [-0.2, 0) is 17.9 Å². The molecular weight excluding hydrogens is 390 g/mol. The van der Waals surface area contributed by atoms with Gasteiger partial charge in [0.15, 0.2) is 0 Å². The van der Waals surface area contributed by atoms with Crippen LogP contribution in [0.4, 0.5) is 0 Å². The van der Waals surface area contributed by atoms with E-state index in [1.165, 1.54) is 0 Å². The summed E-state index contributed by atoms with van der Waals surface area (Å²) in [5.74, 6) is 1.00. The summed E-state index contributed by atoms with van der Waals surface area (Å²) in [7, 11) is 0. The monoisotopic (exact) mass is 411 g/mol. The maximum Gasteiger partial charge on any atom is 0.241 e. The summed E-state index contributed by atoms with van der Waals surface area (Å²) in [5.41, 5.74) is 1.60. The number of aromatic nitrogens is 3. The molecule has 0 spiro atoms. The van der Waals surface area contributed by atoms with Crippen LogP contribution in [0.15, 0.2) is 53.2 Å². The van der Waals surface area contributed by atoms with Gasteiger partial charge in [-0.1, -0.05) is 35.0 Å². The Labute approximate surface area is 174 Å². The molecule has 1 aliphatic rings. The largest absolute Gasteiger partial charge is 0.350 e. The lowest BCUT2D eigenvalue weighted by atomic mass is 9.97. The number of hydrogen-bond donors (Lipinski definition) is 1. The molecule has 7 nitrogen and oxygen atoms in total. The molecule has 0 bridgehead atoms. The van der Waals surface area contributed by atoms with Crippen LogP contribution in [0.1, 0.15) is 24.4 Å². The van der Waals surface area contributed by atoms with E-state index in [-0.39, 0.29) is 11.8 Å². The van der Waals surface area contributed by atoms with E-state index >= 15 is 0 Å². The highest BCUT2D eigenvalue weighted by atomic mass is 35.5. The van der Waals surface area contributed by atoms with Crippen LogP contribution in [-0.4, -0.2) is 39.0 Å². The van der Waals surface area contributed by atoms with Crippen molar-refractivity contribution in [2.24, 2.45) is 5.92 Å². The molecule has 0 radical (unpaired) electrons. The number of hydrogen-bond acceptors (Lipinski definition) is 6. The number of halogens is 1. The molecule has 0 aliphatic carbocycles. The van der Waals surface area contributed by atoms with Gasteiger partial charge in [-0.25, -0.2) is 0 Å². The number of nitrogens with zero attached hydrogens (tertiary/aromatic N) is 4. The van der Waals surface area contributed by atoms with Gasteiger partial charge in [0.05, 0.1) is 29.7 Å². The first kappa shape index (κ1) is 19.5. The number of nitrogens with one attached hydrogen (secondary N) is 1. The maximum atomic E-state index is 12.6. The second-order valence-corrected chi connectivity index (χ2v) is 7.51. The molecule has 1 N–H and O–H groups in total. The molecule has 1 aliphatic heterocycles. The van der Waals surface area contributed by atoms with Crippen LogP contribution in [0.5, 0.6) is 0 Å². The highest BCUT2D eigenvalue weighted by Crippen LogP contribution is 2.25.